The van der Waals surface area contributed by atoms with Crippen molar-refractivity contribution in [3.63, 3.8) is 0 Å². The maximum atomic E-state index is 11.9. The Morgan fingerprint density at radius 2 is 2.16 bits per heavy atom. The Morgan fingerprint density at radius 3 is 2.79 bits per heavy atom. The smallest absolute Gasteiger partial charge is 0.254 e. The highest BCUT2D eigenvalue weighted by atomic mass is 16.2. The lowest BCUT2D eigenvalue weighted by Gasteiger charge is -2.05. The van der Waals surface area contributed by atoms with E-state index < -0.39 is 0 Å². The molecule has 19 heavy (non-hydrogen) atoms. The molecule has 7 heteroatoms. The van der Waals surface area contributed by atoms with Crippen LogP contribution < -0.4 is 16.8 Å². The minimum absolute atomic E-state index is 0.180. The van der Waals surface area contributed by atoms with E-state index in [1.165, 1.54) is 0 Å². The fourth-order valence-corrected chi connectivity index (χ4v) is 1.70. The van der Waals surface area contributed by atoms with E-state index >= 15 is 0 Å². The molecule has 2 amide bonds. The van der Waals surface area contributed by atoms with Gasteiger partial charge < -0.3 is 16.8 Å². The van der Waals surface area contributed by atoms with Crippen LogP contribution in [0.3, 0.4) is 0 Å². The number of nitrogens with one attached hydrogen (secondary N) is 1. The van der Waals surface area contributed by atoms with E-state index in [1.807, 2.05) is 6.92 Å². The van der Waals surface area contributed by atoms with E-state index in [-0.39, 0.29) is 18.2 Å². The zero-order chi connectivity index (χ0) is 14.3. The molecule has 0 aliphatic carbocycles. The van der Waals surface area contributed by atoms with Gasteiger partial charge in [-0.15, -0.1) is 0 Å². The minimum atomic E-state index is -0.361. The molecular formula is C12H21N5O2. The molecule has 106 valence electrons. The lowest BCUT2D eigenvalue weighted by molar-refractivity contribution is -0.118. The highest BCUT2D eigenvalue weighted by Gasteiger charge is 2.13. The maximum absolute atomic E-state index is 11.9. The first-order valence-electron chi connectivity index (χ1n) is 6.35. The number of carbonyl (C=O) groups is 2. The molecule has 1 aromatic rings. The summed E-state index contributed by atoms with van der Waals surface area (Å²) in [5, 5.41) is 6.90. The van der Waals surface area contributed by atoms with Crippen molar-refractivity contribution in [3.8, 4) is 0 Å². The average Bonchev–Trinajstić information content (AvgIpc) is 2.73. The van der Waals surface area contributed by atoms with Crippen molar-refractivity contribution in [2.75, 3.05) is 13.1 Å². The molecule has 0 aliphatic rings. The first kappa shape index (κ1) is 15.2. The van der Waals surface area contributed by atoms with Crippen LogP contribution >= 0.6 is 0 Å². The van der Waals surface area contributed by atoms with Crippen molar-refractivity contribution in [1.29, 1.82) is 0 Å². The normalized spacial score (nSPS) is 10.4. The highest BCUT2D eigenvalue weighted by molar-refractivity contribution is 5.95. The van der Waals surface area contributed by atoms with Gasteiger partial charge in [0.05, 0.1) is 11.8 Å². The summed E-state index contributed by atoms with van der Waals surface area (Å²) < 4.78 is 1.77. The predicted octanol–water partition coefficient (Wildman–Crippen LogP) is -0.464. The molecule has 0 radical (unpaired) electrons. The first-order valence-corrected chi connectivity index (χ1v) is 6.35. The van der Waals surface area contributed by atoms with Crippen molar-refractivity contribution in [3.05, 3.63) is 17.5 Å². The maximum Gasteiger partial charge on any atom is 0.254 e. The summed E-state index contributed by atoms with van der Waals surface area (Å²) in [6, 6.07) is 0. The van der Waals surface area contributed by atoms with Gasteiger partial charge in [-0.25, -0.2) is 0 Å². The zero-order valence-corrected chi connectivity index (χ0v) is 11.2. The van der Waals surface area contributed by atoms with E-state index in [9.17, 15) is 9.59 Å². The third kappa shape index (κ3) is 4.70. The Kier molecular flexibility index (Phi) is 6.01. The van der Waals surface area contributed by atoms with Crippen molar-refractivity contribution in [1.82, 2.24) is 15.1 Å². The van der Waals surface area contributed by atoms with Crippen LogP contribution in [0.4, 0.5) is 0 Å². The van der Waals surface area contributed by atoms with Crippen LogP contribution in [-0.2, 0) is 11.3 Å². The molecule has 7 nitrogen and oxygen atoms in total. The van der Waals surface area contributed by atoms with Crippen LogP contribution in [0.25, 0.3) is 0 Å². The fourth-order valence-electron chi connectivity index (χ4n) is 1.70. The molecule has 0 aromatic carbocycles. The second-order valence-electron chi connectivity index (χ2n) is 4.33. The molecule has 5 N–H and O–H groups in total. The number of hydrogen-bond donors (Lipinski definition) is 3. The van der Waals surface area contributed by atoms with Gasteiger partial charge in [-0.05, 0) is 26.3 Å². The van der Waals surface area contributed by atoms with E-state index in [1.54, 1.807) is 10.9 Å². The predicted molar refractivity (Wildman–Crippen MR) is 71.4 cm³/mol. The number of primary amides is 1. The number of nitrogens with zero attached hydrogens (tertiary/aromatic N) is 2. The van der Waals surface area contributed by atoms with Crippen molar-refractivity contribution < 1.29 is 9.59 Å². The van der Waals surface area contributed by atoms with Crippen molar-refractivity contribution >= 4 is 11.8 Å². The Bertz CT molecular complexity index is 441. The lowest BCUT2D eigenvalue weighted by Crippen LogP contribution is -2.26. The van der Waals surface area contributed by atoms with E-state index in [4.69, 9.17) is 11.5 Å². The number of nitrogens with two attached hydrogens (primary N) is 2. The van der Waals surface area contributed by atoms with Crippen LogP contribution in [0.1, 0.15) is 35.3 Å². The zero-order valence-electron chi connectivity index (χ0n) is 11.2. The van der Waals surface area contributed by atoms with Gasteiger partial charge in [0, 0.05) is 25.2 Å². The molecule has 0 bridgehead atoms. The lowest BCUT2D eigenvalue weighted by atomic mass is 10.2. The number of hydrogen-bond acceptors (Lipinski definition) is 4. The van der Waals surface area contributed by atoms with Gasteiger partial charge >= 0.3 is 0 Å². The van der Waals surface area contributed by atoms with Gasteiger partial charge in [-0.3, -0.25) is 14.3 Å². The average molecular weight is 267 g/mol. The summed E-state index contributed by atoms with van der Waals surface area (Å²) in [6.45, 7) is 3.57. The van der Waals surface area contributed by atoms with Gasteiger partial charge in [0.2, 0.25) is 5.91 Å². The molecule has 1 heterocycles. The molecule has 1 aromatic heterocycles. The first-order chi connectivity index (χ1) is 9.06. The third-order valence-electron chi connectivity index (χ3n) is 2.81. The van der Waals surface area contributed by atoms with Crippen LogP contribution in [0.2, 0.25) is 0 Å². The molecule has 0 saturated heterocycles. The summed E-state index contributed by atoms with van der Waals surface area (Å²) >= 11 is 0. The monoisotopic (exact) mass is 267 g/mol. The molecule has 1 rings (SSSR count). The van der Waals surface area contributed by atoms with E-state index in [0.717, 1.165) is 12.1 Å². The minimum Gasteiger partial charge on any atom is -0.370 e. The molecular weight excluding hydrogens is 246 g/mol. The van der Waals surface area contributed by atoms with Gasteiger partial charge in [-0.1, -0.05) is 0 Å². The summed E-state index contributed by atoms with van der Waals surface area (Å²) in [5.41, 5.74) is 11.8. The quantitative estimate of drug-likeness (QED) is 0.552. The third-order valence-corrected chi connectivity index (χ3v) is 2.81. The number of aryl methyl sites for hydroxylation is 1. The van der Waals surface area contributed by atoms with Crippen molar-refractivity contribution in [2.45, 2.75) is 32.7 Å². The standard InChI is InChI=1S/C12H21N5O2/c1-9-10(8-16-17(9)7-3-5-13)12(19)15-6-2-4-11(14)18/h8H,2-7,13H2,1H3,(H2,14,18)(H,15,19). The second kappa shape index (κ2) is 7.52. The summed E-state index contributed by atoms with van der Waals surface area (Å²) in [4.78, 5) is 22.4. The molecule has 0 fully saturated rings. The number of carbonyl (C=O) groups excluding carboxylic acids is 2. The largest absolute Gasteiger partial charge is 0.370 e. The van der Waals surface area contributed by atoms with Crippen molar-refractivity contribution in [2.24, 2.45) is 11.5 Å². The van der Waals surface area contributed by atoms with Gasteiger partial charge in [0.1, 0.15) is 0 Å². The number of amides is 2. The molecule has 0 spiro atoms. The Labute approximate surface area is 112 Å². The van der Waals surface area contributed by atoms with Crippen LogP contribution in [0.5, 0.6) is 0 Å². The SMILES string of the molecule is Cc1c(C(=O)NCCCC(N)=O)cnn1CCCN. The number of aromatic nitrogens is 2. The van der Waals surface area contributed by atoms with Gasteiger partial charge in [-0.2, -0.15) is 5.10 Å². The second-order valence-corrected chi connectivity index (χ2v) is 4.33. The van der Waals surface area contributed by atoms with E-state index in [2.05, 4.69) is 10.4 Å². The van der Waals surface area contributed by atoms with Crippen LogP contribution in [0, 0.1) is 6.92 Å². The molecule has 0 atom stereocenters. The fraction of sp³-hybridized carbons (Fsp3) is 0.583. The molecule has 0 saturated carbocycles. The Morgan fingerprint density at radius 1 is 1.42 bits per heavy atom. The van der Waals surface area contributed by atoms with Crippen LogP contribution in [-0.4, -0.2) is 34.7 Å². The van der Waals surface area contributed by atoms with Gasteiger partial charge in [0.15, 0.2) is 0 Å². The number of rotatable bonds is 8. The van der Waals surface area contributed by atoms with E-state index in [0.29, 0.717) is 31.6 Å². The molecule has 0 aliphatic heterocycles. The highest BCUT2D eigenvalue weighted by Crippen LogP contribution is 2.07. The van der Waals surface area contributed by atoms with Crippen LogP contribution in [0.15, 0.2) is 6.20 Å². The summed E-state index contributed by atoms with van der Waals surface area (Å²) in [6.07, 6.45) is 3.19. The van der Waals surface area contributed by atoms with Gasteiger partial charge in [0.25, 0.3) is 5.91 Å². The Hall–Kier alpha value is -1.89. The summed E-state index contributed by atoms with van der Waals surface area (Å²) in [5.74, 6) is -0.541. The summed E-state index contributed by atoms with van der Waals surface area (Å²) in [7, 11) is 0. The Balaban J connectivity index is 2.48. The molecule has 0 unspecified atom stereocenters. The topological polar surface area (TPSA) is 116 Å².